The van der Waals surface area contributed by atoms with Crippen LogP contribution >= 0.6 is 24.0 Å². The lowest BCUT2D eigenvalue weighted by atomic mass is 10.1. The molecule has 3 rings (SSSR count). The fourth-order valence-electron chi connectivity index (χ4n) is 3.04. The number of benzene rings is 2. The maximum Gasteiger partial charge on any atom is 0.273 e. The first kappa shape index (κ1) is 23.4. The Kier molecular flexibility index (Phi) is 7.60. The summed E-state index contributed by atoms with van der Waals surface area (Å²) < 4.78 is 0.444. The summed E-state index contributed by atoms with van der Waals surface area (Å²) in [7, 11) is 0. The molecule has 0 aliphatic carbocycles. The number of phenolic OH excluding ortho intramolecular Hbond substituents is 1. The maximum atomic E-state index is 12.7. The first-order chi connectivity index (χ1) is 15.3. The minimum atomic E-state index is -0.637. The Bertz CT molecular complexity index is 1100. The fraction of sp³-hybridized carbons (Fsp3) is 0.227. The molecule has 2 aromatic carbocycles. The number of nitrogens with zero attached hydrogens (tertiary/aromatic N) is 2. The Hall–Kier alpha value is -3.24. The lowest BCUT2D eigenvalue weighted by molar-refractivity contribution is -0.384. The highest BCUT2D eigenvalue weighted by Crippen LogP contribution is 2.33. The van der Waals surface area contributed by atoms with Crippen LogP contribution in [0.4, 0.5) is 11.4 Å². The van der Waals surface area contributed by atoms with Crippen molar-refractivity contribution >= 4 is 57.6 Å². The number of rotatable bonds is 8. The number of aryl methyl sites for hydroxylation is 1. The zero-order valence-electron chi connectivity index (χ0n) is 17.2. The maximum absolute atomic E-state index is 12.7. The Morgan fingerprint density at radius 2 is 2.00 bits per heavy atom. The highest BCUT2D eigenvalue weighted by Gasteiger charge is 2.31. The molecule has 0 spiro atoms. The summed E-state index contributed by atoms with van der Waals surface area (Å²) in [5.41, 5.74) is 1.95. The van der Waals surface area contributed by atoms with Crippen molar-refractivity contribution in [3.63, 3.8) is 0 Å². The van der Waals surface area contributed by atoms with Crippen molar-refractivity contribution < 1.29 is 19.6 Å². The smallest absolute Gasteiger partial charge is 0.273 e. The van der Waals surface area contributed by atoms with Gasteiger partial charge in [-0.25, -0.2) is 0 Å². The Morgan fingerprint density at radius 1 is 1.28 bits per heavy atom. The number of hydrogen-bond donors (Lipinski definition) is 2. The van der Waals surface area contributed by atoms with Crippen molar-refractivity contribution in [2.24, 2.45) is 0 Å². The number of aromatic hydroxyl groups is 1. The van der Waals surface area contributed by atoms with E-state index in [4.69, 9.17) is 12.2 Å². The van der Waals surface area contributed by atoms with E-state index in [9.17, 15) is 24.8 Å². The van der Waals surface area contributed by atoms with Gasteiger partial charge in [-0.05, 0) is 36.1 Å². The molecule has 2 amide bonds. The van der Waals surface area contributed by atoms with E-state index in [0.717, 1.165) is 18.1 Å². The number of carbonyl (C=O) groups is 2. The number of hydrogen-bond acceptors (Lipinski definition) is 7. The standard InChI is InChI=1S/C22H21N3O5S2/c1-2-14-5-7-15(8-6-14)12-19-21(28)24(22(31)32-19)11-3-4-20(27)23-17-10-9-16(25(29)30)13-18(17)26/h5-10,12-13,26H,2-4,11H2,1H3,(H,23,27). The molecule has 2 aromatic rings. The molecule has 0 unspecified atom stereocenters. The fourth-order valence-corrected chi connectivity index (χ4v) is 4.35. The van der Waals surface area contributed by atoms with Gasteiger partial charge in [0.2, 0.25) is 5.91 Å². The van der Waals surface area contributed by atoms with Gasteiger partial charge in [0.15, 0.2) is 0 Å². The van der Waals surface area contributed by atoms with Gasteiger partial charge in [-0.1, -0.05) is 55.2 Å². The van der Waals surface area contributed by atoms with Crippen LogP contribution in [0, 0.1) is 10.1 Å². The van der Waals surface area contributed by atoms with Gasteiger partial charge >= 0.3 is 0 Å². The van der Waals surface area contributed by atoms with Crippen LogP contribution < -0.4 is 5.32 Å². The molecule has 1 aliphatic rings. The average molecular weight is 472 g/mol. The highest BCUT2D eigenvalue weighted by atomic mass is 32.2. The van der Waals surface area contributed by atoms with Crippen LogP contribution in [0.3, 0.4) is 0 Å². The number of thioether (sulfide) groups is 1. The summed E-state index contributed by atoms with van der Waals surface area (Å²) in [6, 6.07) is 11.4. The van der Waals surface area contributed by atoms with E-state index in [1.165, 1.54) is 34.4 Å². The molecule has 1 saturated heterocycles. The first-order valence-corrected chi connectivity index (χ1v) is 11.1. The van der Waals surface area contributed by atoms with Gasteiger partial charge in [0, 0.05) is 19.0 Å². The van der Waals surface area contributed by atoms with Gasteiger partial charge in [0.25, 0.3) is 11.6 Å². The molecule has 0 radical (unpaired) electrons. The Morgan fingerprint density at radius 3 is 2.62 bits per heavy atom. The molecule has 1 aliphatic heterocycles. The number of anilines is 1. The van der Waals surface area contributed by atoms with Crippen molar-refractivity contribution in [1.29, 1.82) is 0 Å². The molecule has 1 heterocycles. The number of carbonyl (C=O) groups excluding carboxylic acids is 2. The van der Waals surface area contributed by atoms with Crippen molar-refractivity contribution in [1.82, 2.24) is 4.90 Å². The van der Waals surface area contributed by atoms with Crippen LogP contribution in [-0.2, 0) is 16.0 Å². The van der Waals surface area contributed by atoms with E-state index in [-0.39, 0.29) is 41.9 Å². The predicted molar refractivity (Wildman–Crippen MR) is 128 cm³/mol. The zero-order chi connectivity index (χ0) is 23.3. The van der Waals surface area contributed by atoms with Gasteiger partial charge in [-0.15, -0.1) is 0 Å². The van der Waals surface area contributed by atoms with Gasteiger partial charge in [-0.2, -0.15) is 0 Å². The summed E-state index contributed by atoms with van der Waals surface area (Å²) in [6.07, 6.45) is 3.21. The van der Waals surface area contributed by atoms with E-state index in [2.05, 4.69) is 12.2 Å². The third-order valence-corrected chi connectivity index (χ3v) is 6.19. The summed E-state index contributed by atoms with van der Waals surface area (Å²) in [5, 5.41) is 23.1. The second-order valence-corrected chi connectivity index (χ2v) is 8.71. The first-order valence-electron chi connectivity index (χ1n) is 9.90. The van der Waals surface area contributed by atoms with E-state index in [0.29, 0.717) is 15.6 Å². The predicted octanol–water partition coefficient (Wildman–Crippen LogP) is 4.48. The molecular formula is C22H21N3O5S2. The molecule has 2 N–H and O–H groups in total. The summed E-state index contributed by atoms with van der Waals surface area (Å²) in [4.78, 5) is 37.0. The van der Waals surface area contributed by atoms with Crippen LogP contribution in [0.25, 0.3) is 6.08 Å². The molecule has 32 heavy (non-hydrogen) atoms. The Balaban J connectivity index is 1.53. The lowest BCUT2D eigenvalue weighted by Gasteiger charge is -2.14. The summed E-state index contributed by atoms with van der Waals surface area (Å²) in [5.74, 6) is -0.958. The average Bonchev–Trinajstić information content (AvgIpc) is 3.03. The number of amides is 2. The largest absolute Gasteiger partial charge is 0.506 e. The molecule has 0 saturated carbocycles. The van der Waals surface area contributed by atoms with E-state index in [1.54, 1.807) is 0 Å². The van der Waals surface area contributed by atoms with Crippen LogP contribution in [0.15, 0.2) is 47.4 Å². The number of nitro benzene ring substituents is 1. The van der Waals surface area contributed by atoms with Crippen LogP contribution in [0.5, 0.6) is 5.75 Å². The molecule has 0 aromatic heterocycles. The van der Waals surface area contributed by atoms with E-state index < -0.39 is 4.92 Å². The number of non-ortho nitro benzene ring substituents is 1. The van der Waals surface area contributed by atoms with Crippen LogP contribution in [0.1, 0.15) is 30.9 Å². The van der Waals surface area contributed by atoms with Crippen molar-refractivity contribution in [3.05, 3.63) is 68.6 Å². The van der Waals surface area contributed by atoms with Crippen molar-refractivity contribution in [2.75, 3.05) is 11.9 Å². The monoisotopic (exact) mass is 471 g/mol. The molecular weight excluding hydrogens is 450 g/mol. The Labute approximate surface area is 194 Å². The summed E-state index contributed by atoms with van der Waals surface area (Å²) in [6.45, 7) is 2.37. The van der Waals surface area contributed by atoms with Crippen LogP contribution in [-0.4, -0.2) is 37.6 Å². The van der Waals surface area contributed by atoms with E-state index >= 15 is 0 Å². The van der Waals surface area contributed by atoms with Gasteiger partial charge in [0.05, 0.1) is 21.6 Å². The van der Waals surface area contributed by atoms with Gasteiger partial charge in [-0.3, -0.25) is 24.6 Å². The van der Waals surface area contributed by atoms with Crippen molar-refractivity contribution in [2.45, 2.75) is 26.2 Å². The lowest BCUT2D eigenvalue weighted by Crippen LogP contribution is -2.29. The molecule has 10 heteroatoms. The molecule has 166 valence electrons. The minimum Gasteiger partial charge on any atom is -0.506 e. The van der Waals surface area contributed by atoms with E-state index in [1.807, 2.05) is 30.3 Å². The quantitative estimate of drug-likeness (QED) is 0.192. The molecule has 1 fully saturated rings. The van der Waals surface area contributed by atoms with Gasteiger partial charge < -0.3 is 10.4 Å². The highest BCUT2D eigenvalue weighted by molar-refractivity contribution is 8.26. The van der Waals surface area contributed by atoms with Crippen molar-refractivity contribution in [3.8, 4) is 5.75 Å². The molecule has 0 atom stereocenters. The SMILES string of the molecule is CCc1ccc(C=C2SC(=S)N(CCCC(=O)Nc3ccc([N+](=O)[O-])cc3O)C2=O)cc1. The molecule has 8 nitrogen and oxygen atoms in total. The third kappa shape index (κ3) is 5.71. The summed E-state index contributed by atoms with van der Waals surface area (Å²) >= 11 is 6.56. The normalized spacial score (nSPS) is 14.8. The number of nitrogens with one attached hydrogen (secondary N) is 1. The zero-order valence-corrected chi connectivity index (χ0v) is 18.9. The third-order valence-electron chi connectivity index (χ3n) is 4.81. The number of thiocarbonyl (C=S) groups is 1. The minimum absolute atomic E-state index is 0.0863. The van der Waals surface area contributed by atoms with Gasteiger partial charge in [0.1, 0.15) is 10.1 Å². The second-order valence-electron chi connectivity index (χ2n) is 7.04. The molecule has 0 bridgehead atoms. The number of phenols is 1. The topological polar surface area (TPSA) is 113 Å². The second kappa shape index (κ2) is 10.4. The number of nitro groups is 1. The van der Waals surface area contributed by atoms with Crippen LogP contribution in [0.2, 0.25) is 0 Å².